The lowest BCUT2D eigenvalue weighted by atomic mass is 9.80. The Hall–Kier alpha value is -0.590. The molecule has 0 unspecified atom stereocenters. The lowest BCUT2D eigenvalue weighted by Gasteiger charge is -2.23. The molecule has 60 valence electrons. The van der Waals surface area contributed by atoms with Gasteiger partial charge in [-0.3, -0.25) is 0 Å². The van der Waals surface area contributed by atoms with E-state index in [0.29, 0.717) is 11.8 Å². The molecule has 1 saturated carbocycles. The quantitative estimate of drug-likeness (QED) is 0.413. The first-order chi connectivity index (χ1) is 5.24. The molecule has 1 fully saturated rings. The van der Waals surface area contributed by atoms with Gasteiger partial charge in [0.2, 0.25) is 0 Å². The first kappa shape index (κ1) is 7.08. The highest BCUT2D eigenvalue weighted by Crippen LogP contribution is 2.49. The van der Waals surface area contributed by atoms with Crippen LogP contribution in [0.2, 0.25) is 0 Å². The fourth-order valence-corrected chi connectivity index (χ4v) is 2.54. The van der Waals surface area contributed by atoms with E-state index in [-0.39, 0.29) is 5.41 Å². The number of allylic oxidation sites excluding steroid dienone is 2. The molecule has 2 aliphatic carbocycles. The second-order valence-corrected chi connectivity index (χ2v) is 4.18. The first-order valence-electron chi connectivity index (χ1n) is 4.37. The number of carbonyl (C=O) groups is 1. The van der Waals surface area contributed by atoms with Crippen molar-refractivity contribution in [2.45, 2.75) is 26.2 Å². The van der Waals surface area contributed by atoms with Gasteiger partial charge >= 0.3 is 0 Å². The molecule has 0 spiro atoms. The molecular formula is C10H14O. The summed E-state index contributed by atoms with van der Waals surface area (Å²) in [6.07, 6.45) is 9.14. The zero-order valence-electron chi connectivity index (χ0n) is 6.92. The molecule has 0 aromatic rings. The molecule has 0 radical (unpaired) electrons. The zero-order valence-corrected chi connectivity index (χ0v) is 6.92. The van der Waals surface area contributed by atoms with Crippen molar-refractivity contribution in [1.29, 1.82) is 0 Å². The van der Waals surface area contributed by atoms with E-state index < -0.39 is 0 Å². The third-order valence-corrected chi connectivity index (χ3v) is 3.32. The van der Waals surface area contributed by atoms with Crippen molar-refractivity contribution in [3.8, 4) is 0 Å². The van der Waals surface area contributed by atoms with Crippen LogP contribution >= 0.6 is 0 Å². The highest BCUT2D eigenvalue weighted by Gasteiger charge is 2.43. The summed E-state index contributed by atoms with van der Waals surface area (Å²) in [5, 5.41) is 0. The Bertz CT molecular complexity index is 207. The Morgan fingerprint density at radius 3 is 3.09 bits per heavy atom. The third kappa shape index (κ3) is 0.943. The molecule has 0 amide bonds. The second-order valence-electron chi connectivity index (χ2n) is 4.18. The van der Waals surface area contributed by atoms with E-state index >= 15 is 0 Å². The number of aldehydes is 1. The van der Waals surface area contributed by atoms with Crippen LogP contribution in [-0.4, -0.2) is 6.29 Å². The molecular weight excluding hydrogens is 136 g/mol. The van der Waals surface area contributed by atoms with Gasteiger partial charge in [0.05, 0.1) is 0 Å². The lowest BCUT2D eigenvalue weighted by Crippen LogP contribution is -2.22. The number of rotatable bonds is 1. The summed E-state index contributed by atoms with van der Waals surface area (Å²) in [7, 11) is 0. The molecule has 0 aromatic heterocycles. The van der Waals surface area contributed by atoms with Crippen molar-refractivity contribution in [2.75, 3.05) is 0 Å². The van der Waals surface area contributed by atoms with Crippen molar-refractivity contribution >= 4 is 6.29 Å². The summed E-state index contributed by atoms with van der Waals surface area (Å²) in [4.78, 5) is 10.8. The molecule has 2 bridgehead atoms. The number of hydrogen-bond donors (Lipinski definition) is 0. The zero-order chi connectivity index (χ0) is 7.90. The van der Waals surface area contributed by atoms with Crippen LogP contribution in [0.3, 0.4) is 0 Å². The van der Waals surface area contributed by atoms with Gasteiger partial charge in [0, 0.05) is 5.41 Å². The minimum absolute atomic E-state index is 0.00579. The fraction of sp³-hybridized carbons (Fsp3) is 0.700. The van der Waals surface area contributed by atoms with Gasteiger partial charge in [-0.25, -0.2) is 0 Å². The highest BCUT2D eigenvalue weighted by molar-refractivity contribution is 5.60. The van der Waals surface area contributed by atoms with E-state index in [0.717, 1.165) is 12.8 Å². The molecule has 1 heteroatoms. The predicted molar refractivity (Wildman–Crippen MR) is 44.1 cm³/mol. The Labute approximate surface area is 67.5 Å². The standard InChI is InChI=1S/C10H14O/c1-10(7-11)6-8-3-2-4-9(10)5-8/h2-3,7-9H,4-6H2,1H3/t8-,9+,10-/m0/s1. The van der Waals surface area contributed by atoms with Crippen molar-refractivity contribution in [3.63, 3.8) is 0 Å². The summed E-state index contributed by atoms with van der Waals surface area (Å²) in [5.74, 6) is 1.33. The SMILES string of the molecule is C[C@@]1(C=O)C[C@H]2C=CC[C@@H]1C2. The Balaban J connectivity index is 2.26. The maximum Gasteiger partial charge on any atom is 0.126 e. The van der Waals surface area contributed by atoms with Crippen molar-refractivity contribution in [1.82, 2.24) is 0 Å². The third-order valence-electron chi connectivity index (χ3n) is 3.32. The number of hydrogen-bond acceptors (Lipinski definition) is 1. The number of carbonyl (C=O) groups excluding carboxylic acids is 1. The second kappa shape index (κ2) is 2.20. The van der Waals surface area contributed by atoms with Gasteiger partial charge in [-0.1, -0.05) is 19.1 Å². The van der Waals surface area contributed by atoms with E-state index in [9.17, 15) is 4.79 Å². The minimum Gasteiger partial charge on any atom is -0.303 e. The van der Waals surface area contributed by atoms with Gasteiger partial charge in [0.15, 0.2) is 0 Å². The van der Waals surface area contributed by atoms with Crippen LogP contribution in [0.5, 0.6) is 0 Å². The highest BCUT2D eigenvalue weighted by atomic mass is 16.1. The smallest absolute Gasteiger partial charge is 0.126 e. The van der Waals surface area contributed by atoms with Gasteiger partial charge < -0.3 is 4.79 Å². The van der Waals surface area contributed by atoms with Crippen LogP contribution < -0.4 is 0 Å². The summed E-state index contributed by atoms with van der Waals surface area (Å²) >= 11 is 0. The predicted octanol–water partition coefficient (Wildman–Crippen LogP) is 2.18. The first-order valence-corrected chi connectivity index (χ1v) is 4.37. The monoisotopic (exact) mass is 150 g/mol. The molecule has 3 atom stereocenters. The molecule has 0 aromatic carbocycles. The van der Waals surface area contributed by atoms with Crippen LogP contribution in [0, 0.1) is 17.3 Å². The summed E-state index contributed by atoms with van der Waals surface area (Å²) in [6, 6.07) is 0. The van der Waals surface area contributed by atoms with Crippen LogP contribution in [-0.2, 0) is 4.79 Å². The molecule has 0 heterocycles. The van der Waals surface area contributed by atoms with E-state index in [1.807, 2.05) is 0 Å². The molecule has 2 rings (SSSR count). The molecule has 0 saturated heterocycles. The van der Waals surface area contributed by atoms with Crippen LogP contribution in [0.1, 0.15) is 26.2 Å². The van der Waals surface area contributed by atoms with Crippen LogP contribution in [0.25, 0.3) is 0 Å². The van der Waals surface area contributed by atoms with Crippen molar-refractivity contribution < 1.29 is 4.79 Å². The molecule has 11 heavy (non-hydrogen) atoms. The summed E-state index contributed by atoms with van der Waals surface area (Å²) in [5.41, 5.74) is -0.00579. The fourth-order valence-electron chi connectivity index (χ4n) is 2.54. The topological polar surface area (TPSA) is 17.1 Å². The largest absolute Gasteiger partial charge is 0.303 e. The van der Waals surface area contributed by atoms with E-state index in [1.54, 1.807) is 0 Å². The van der Waals surface area contributed by atoms with E-state index in [4.69, 9.17) is 0 Å². The van der Waals surface area contributed by atoms with E-state index in [2.05, 4.69) is 19.1 Å². The Morgan fingerprint density at radius 1 is 1.64 bits per heavy atom. The maximum atomic E-state index is 10.8. The molecule has 0 N–H and O–H groups in total. The van der Waals surface area contributed by atoms with Gasteiger partial charge in [-0.15, -0.1) is 0 Å². The Kier molecular flexibility index (Phi) is 1.41. The summed E-state index contributed by atoms with van der Waals surface area (Å²) < 4.78 is 0. The molecule has 2 aliphatic rings. The van der Waals surface area contributed by atoms with Crippen molar-refractivity contribution in [3.05, 3.63) is 12.2 Å². The van der Waals surface area contributed by atoms with E-state index in [1.165, 1.54) is 12.7 Å². The Morgan fingerprint density at radius 2 is 2.45 bits per heavy atom. The lowest BCUT2D eigenvalue weighted by molar-refractivity contribution is -0.117. The van der Waals surface area contributed by atoms with Crippen LogP contribution in [0.15, 0.2) is 12.2 Å². The summed E-state index contributed by atoms with van der Waals surface area (Å²) in [6.45, 7) is 2.11. The minimum atomic E-state index is -0.00579. The molecule has 0 aliphatic heterocycles. The van der Waals surface area contributed by atoms with Gasteiger partial charge in [-0.2, -0.15) is 0 Å². The van der Waals surface area contributed by atoms with Gasteiger partial charge in [-0.05, 0) is 31.1 Å². The van der Waals surface area contributed by atoms with Gasteiger partial charge in [0.1, 0.15) is 6.29 Å². The normalized spacial score (nSPS) is 47.7. The average Bonchev–Trinajstić information content (AvgIpc) is 2.25. The molecule has 1 nitrogen and oxygen atoms in total. The van der Waals surface area contributed by atoms with Crippen molar-refractivity contribution in [2.24, 2.45) is 17.3 Å². The van der Waals surface area contributed by atoms with Crippen LogP contribution in [0.4, 0.5) is 0 Å². The number of fused-ring (bicyclic) bond motifs is 2. The van der Waals surface area contributed by atoms with Gasteiger partial charge in [0.25, 0.3) is 0 Å². The average molecular weight is 150 g/mol. The maximum absolute atomic E-state index is 10.8.